The van der Waals surface area contributed by atoms with Crippen LogP contribution in [0.25, 0.3) is 6.08 Å². The Balaban J connectivity index is 1.92. The predicted octanol–water partition coefficient (Wildman–Crippen LogP) is 3.69. The van der Waals surface area contributed by atoms with E-state index in [2.05, 4.69) is 0 Å². The normalized spacial score (nSPS) is 28.1. The summed E-state index contributed by atoms with van der Waals surface area (Å²) in [6.45, 7) is 5.64. The summed E-state index contributed by atoms with van der Waals surface area (Å²) in [5.41, 5.74) is 1.08. The summed E-state index contributed by atoms with van der Waals surface area (Å²) in [6, 6.07) is 7.17. The van der Waals surface area contributed by atoms with Crippen LogP contribution in [0.5, 0.6) is 0 Å². The molecule has 6 nitrogen and oxygen atoms in total. The number of hydrogen-bond donors (Lipinski definition) is 0. The standard InChI is InChI=1S/C20H23ClO6/c1-5-24-18(22)13(9-12-7-6-8-14(21)10-12)11-15-16(23-4)17-19(25-15)27-20(2,3)26-17/h6-11,16-17,19H,5H2,1-4H3/b13-9+,15-11-/t16-,17+,19+/m0/s1. The predicted molar refractivity (Wildman–Crippen MR) is 99.9 cm³/mol. The summed E-state index contributed by atoms with van der Waals surface area (Å²) < 4.78 is 28.2. The molecule has 1 aromatic carbocycles. The number of methoxy groups -OCH3 is 1. The minimum absolute atomic E-state index is 0.259. The van der Waals surface area contributed by atoms with Gasteiger partial charge in [0.05, 0.1) is 12.2 Å². The van der Waals surface area contributed by atoms with E-state index in [0.717, 1.165) is 5.56 Å². The van der Waals surface area contributed by atoms with Crippen LogP contribution in [0.15, 0.2) is 41.7 Å². The fraction of sp³-hybridized carbons (Fsp3) is 0.450. The third kappa shape index (κ3) is 4.52. The lowest BCUT2D eigenvalue weighted by molar-refractivity contribution is -0.190. The highest BCUT2D eigenvalue weighted by atomic mass is 35.5. The molecule has 0 bridgehead atoms. The molecule has 3 rings (SSSR count). The third-order valence-electron chi connectivity index (χ3n) is 4.15. The Bertz CT molecular complexity index is 769. The first-order valence-electron chi connectivity index (χ1n) is 8.74. The van der Waals surface area contributed by atoms with Crippen molar-refractivity contribution in [2.24, 2.45) is 0 Å². The molecule has 0 radical (unpaired) electrons. The van der Waals surface area contributed by atoms with Crippen molar-refractivity contribution in [3.8, 4) is 0 Å². The minimum Gasteiger partial charge on any atom is -0.463 e. The Hall–Kier alpha value is -1.86. The van der Waals surface area contributed by atoms with Crippen molar-refractivity contribution in [3.63, 3.8) is 0 Å². The number of benzene rings is 1. The maximum atomic E-state index is 12.4. The van der Waals surface area contributed by atoms with Gasteiger partial charge in [-0.05, 0) is 50.6 Å². The number of esters is 1. The van der Waals surface area contributed by atoms with Crippen LogP contribution in [0.4, 0.5) is 0 Å². The van der Waals surface area contributed by atoms with Crippen molar-refractivity contribution in [2.75, 3.05) is 13.7 Å². The molecule has 0 aromatic heterocycles. The van der Waals surface area contributed by atoms with E-state index in [1.165, 1.54) is 0 Å². The molecule has 0 unspecified atom stereocenters. The highest BCUT2D eigenvalue weighted by Crippen LogP contribution is 2.40. The van der Waals surface area contributed by atoms with E-state index in [1.807, 2.05) is 26.0 Å². The van der Waals surface area contributed by atoms with Crippen molar-refractivity contribution in [3.05, 3.63) is 52.3 Å². The quantitative estimate of drug-likeness (QED) is 0.560. The van der Waals surface area contributed by atoms with Crippen LogP contribution >= 0.6 is 11.6 Å². The van der Waals surface area contributed by atoms with E-state index in [0.29, 0.717) is 16.4 Å². The van der Waals surface area contributed by atoms with Gasteiger partial charge in [-0.15, -0.1) is 0 Å². The van der Waals surface area contributed by atoms with Crippen molar-refractivity contribution >= 4 is 23.6 Å². The summed E-state index contributed by atoms with van der Waals surface area (Å²) in [7, 11) is 1.56. The molecule has 1 aromatic rings. The molecular formula is C20H23ClO6. The molecule has 0 aliphatic carbocycles. The molecule has 0 saturated carbocycles. The van der Waals surface area contributed by atoms with Gasteiger partial charge >= 0.3 is 5.97 Å². The fourth-order valence-electron chi connectivity index (χ4n) is 3.09. The second kappa shape index (κ2) is 8.02. The smallest absolute Gasteiger partial charge is 0.338 e. The number of rotatable bonds is 5. The van der Waals surface area contributed by atoms with E-state index < -0.39 is 30.3 Å². The van der Waals surface area contributed by atoms with Gasteiger partial charge < -0.3 is 23.7 Å². The first kappa shape index (κ1) is 19.9. The molecule has 2 aliphatic rings. The number of carbonyl (C=O) groups is 1. The number of halogens is 1. The van der Waals surface area contributed by atoms with E-state index in [1.54, 1.807) is 38.3 Å². The SMILES string of the molecule is CCOC(=O)C(/C=C1\O[C@@H]2OC(C)(C)O[C@@H]2[C@H]1OC)=C/c1cccc(Cl)c1. The van der Waals surface area contributed by atoms with Gasteiger partial charge in [0, 0.05) is 12.1 Å². The van der Waals surface area contributed by atoms with E-state index >= 15 is 0 Å². The number of carbonyl (C=O) groups excluding carboxylic acids is 1. The summed E-state index contributed by atoms with van der Waals surface area (Å²) in [6.07, 6.45) is 1.79. The van der Waals surface area contributed by atoms with Crippen molar-refractivity contribution in [1.82, 2.24) is 0 Å². The molecule has 2 heterocycles. The fourth-order valence-corrected chi connectivity index (χ4v) is 3.28. The van der Waals surface area contributed by atoms with Crippen molar-refractivity contribution < 1.29 is 28.5 Å². The monoisotopic (exact) mass is 394 g/mol. The largest absolute Gasteiger partial charge is 0.463 e. The van der Waals surface area contributed by atoms with Gasteiger partial charge in [-0.25, -0.2) is 4.79 Å². The molecule has 27 heavy (non-hydrogen) atoms. The zero-order valence-corrected chi connectivity index (χ0v) is 16.5. The second-order valence-electron chi connectivity index (χ2n) is 6.66. The maximum Gasteiger partial charge on any atom is 0.338 e. The Morgan fingerprint density at radius 2 is 2.11 bits per heavy atom. The van der Waals surface area contributed by atoms with Gasteiger partial charge in [-0.2, -0.15) is 0 Å². The number of ether oxygens (including phenoxy) is 5. The van der Waals surface area contributed by atoms with Gasteiger partial charge in [-0.3, -0.25) is 0 Å². The molecular weight excluding hydrogens is 372 g/mol. The van der Waals surface area contributed by atoms with Crippen LogP contribution in [0.1, 0.15) is 26.3 Å². The van der Waals surface area contributed by atoms with Crippen LogP contribution in [0, 0.1) is 0 Å². The lowest BCUT2D eigenvalue weighted by Gasteiger charge is -2.21. The zero-order valence-electron chi connectivity index (χ0n) is 15.7. The highest BCUT2D eigenvalue weighted by Gasteiger charge is 2.53. The Kier molecular flexibility index (Phi) is 5.91. The van der Waals surface area contributed by atoms with Crippen LogP contribution in [-0.2, 0) is 28.5 Å². The number of hydrogen-bond acceptors (Lipinski definition) is 6. The molecule has 2 saturated heterocycles. The molecule has 2 aliphatic heterocycles. The average Bonchev–Trinajstić information content (AvgIpc) is 3.05. The first-order chi connectivity index (χ1) is 12.8. The lowest BCUT2D eigenvalue weighted by atomic mass is 10.1. The third-order valence-corrected chi connectivity index (χ3v) is 4.39. The lowest BCUT2D eigenvalue weighted by Crippen LogP contribution is -2.30. The van der Waals surface area contributed by atoms with Gasteiger partial charge in [0.25, 0.3) is 0 Å². The summed E-state index contributed by atoms with van der Waals surface area (Å²) in [5.74, 6) is -0.773. The number of fused-ring (bicyclic) bond motifs is 1. The van der Waals surface area contributed by atoms with E-state index in [9.17, 15) is 4.79 Å². The van der Waals surface area contributed by atoms with Crippen LogP contribution in [0.3, 0.4) is 0 Å². The summed E-state index contributed by atoms with van der Waals surface area (Å²) in [4.78, 5) is 12.4. The van der Waals surface area contributed by atoms with Crippen molar-refractivity contribution in [2.45, 2.75) is 45.1 Å². The van der Waals surface area contributed by atoms with Crippen molar-refractivity contribution in [1.29, 1.82) is 0 Å². The molecule has 0 spiro atoms. The summed E-state index contributed by atoms with van der Waals surface area (Å²) in [5, 5.41) is 0.574. The molecule has 3 atom stereocenters. The van der Waals surface area contributed by atoms with Gasteiger partial charge in [0.15, 0.2) is 11.9 Å². The minimum atomic E-state index is -0.752. The molecule has 0 amide bonds. The second-order valence-corrected chi connectivity index (χ2v) is 7.10. The zero-order chi connectivity index (χ0) is 19.6. The van der Waals surface area contributed by atoms with Crippen LogP contribution in [0.2, 0.25) is 5.02 Å². The van der Waals surface area contributed by atoms with Crippen LogP contribution in [-0.4, -0.2) is 44.0 Å². The van der Waals surface area contributed by atoms with Crippen LogP contribution < -0.4 is 0 Å². The average molecular weight is 395 g/mol. The van der Waals surface area contributed by atoms with E-state index in [-0.39, 0.29) is 6.61 Å². The first-order valence-corrected chi connectivity index (χ1v) is 9.12. The topological polar surface area (TPSA) is 63.2 Å². The Labute approximate surface area is 163 Å². The van der Waals surface area contributed by atoms with Gasteiger partial charge in [0.2, 0.25) is 6.29 Å². The van der Waals surface area contributed by atoms with Gasteiger partial charge in [0.1, 0.15) is 11.9 Å². The summed E-state index contributed by atoms with van der Waals surface area (Å²) >= 11 is 6.04. The Morgan fingerprint density at radius 1 is 1.33 bits per heavy atom. The molecule has 2 fully saturated rings. The van der Waals surface area contributed by atoms with E-state index in [4.69, 9.17) is 35.3 Å². The molecule has 7 heteroatoms. The molecule has 0 N–H and O–H groups in total. The maximum absolute atomic E-state index is 12.4. The Morgan fingerprint density at radius 3 is 2.78 bits per heavy atom. The van der Waals surface area contributed by atoms with Gasteiger partial charge in [-0.1, -0.05) is 23.7 Å². The molecule has 146 valence electrons. The highest BCUT2D eigenvalue weighted by molar-refractivity contribution is 6.30.